The predicted octanol–water partition coefficient (Wildman–Crippen LogP) is 3.40. The van der Waals surface area contributed by atoms with Gasteiger partial charge in [0.2, 0.25) is 11.8 Å². The molecule has 0 aliphatic carbocycles. The Bertz CT molecular complexity index is 2330. The number of aryl methyl sites for hydroxylation is 1. The van der Waals surface area contributed by atoms with Gasteiger partial charge in [-0.25, -0.2) is 22.9 Å². The second-order valence-electron chi connectivity index (χ2n) is 13.3. The first kappa shape index (κ1) is 32.9. The number of hydrogen-bond acceptors (Lipinski definition) is 10. The molecular formula is C34H35FN8O7S. The third kappa shape index (κ3) is 5.71. The van der Waals surface area contributed by atoms with Crippen molar-refractivity contribution in [1.29, 1.82) is 0 Å². The van der Waals surface area contributed by atoms with Crippen LogP contribution < -0.4 is 20.0 Å². The summed E-state index contributed by atoms with van der Waals surface area (Å²) in [4.78, 5) is 51.5. The van der Waals surface area contributed by atoms with Gasteiger partial charge in [0, 0.05) is 31.6 Å². The van der Waals surface area contributed by atoms with E-state index in [2.05, 4.69) is 10.2 Å². The summed E-state index contributed by atoms with van der Waals surface area (Å²) in [5.74, 6) is -2.60. The zero-order valence-corrected chi connectivity index (χ0v) is 28.3. The van der Waals surface area contributed by atoms with Crippen LogP contribution in [0, 0.1) is 5.82 Å². The maximum Gasteiger partial charge on any atom is 0.329 e. The average Bonchev–Trinajstić information content (AvgIpc) is 3.74. The highest BCUT2D eigenvalue weighted by atomic mass is 32.3. The van der Waals surface area contributed by atoms with Crippen LogP contribution in [0.2, 0.25) is 0 Å². The molecule has 3 aromatic carbocycles. The van der Waals surface area contributed by atoms with Crippen LogP contribution in [-0.4, -0.2) is 75.4 Å². The lowest BCUT2D eigenvalue weighted by atomic mass is 9.89. The van der Waals surface area contributed by atoms with Crippen LogP contribution in [0.25, 0.3) is 27.5 Å². The summed E-state index contributed by atoms with van der Waals surface area (Å²) in [5, 5.41) is 18.2. The van der Waals surface area contributed by atoms with Crippen molar-refractivity contribution in [2.24, 2.45) is 7.05 Å². The van der Waals surface area contributed by atoms with Gasteiger partial charge in [0.1, 0.15) is 24.0 Å². The molecule has 0 saturated carbocycles. The summed E-state index contributed by atoms with van der Waals surface area (Å²) in [6, 6.07) is 13.3. The smallest absolute Gasteiger partial charge is 0.329 e. The van der Waals surface area contributed by atoms with Crippen LogP contribution in [0.3, 0.4) is 0 Å². The summed E-state index contributed by atoms with van der Waals surface area (Å²) in [7, 11) is -2.11. The van der Waals surface area contributed by atoms with E-state index in [1.54, 1.807) is 28.4 Å². The number of aromatic hydroxyl groups is 1. The second kappa shape index (κ2) is 12.2. The predicted molar refractivity (Wildman–Crippen MR) is 187 cm³/mol. The molecule has 5 aromatic rings. The number of piperidine rings is 2. The number of imidazole rings is 1. The van der Waals surface area contributed by atoms with Crippen LogP contribution in [-0.2, 0) is 28.0 Å². The number of benzene rings is 3. The number of likely N-dealkylation sites (tertiary alicyclic amines) is 1. The van der Waals surface area contributed by atoms with E-state index >= 15 is 4.39 Å². The Hall–Kier alpha value is -5.23. The monoisotopic (exact) mass is 718 g/mol. The number of carbonyl (C=O) groups excluding carboxylic acids is 3. The molecule has 266 valence electrons. The topological polar surface area (TPSA) is 187 Å². The minimum Gasteiger partial charge on any atom is -0.506 e. The molecule has 15 nitrogen and oxygen atoms in total. The van der Waals surface area contributed by atoms with E-state index in [9.17, 15) is 33.4 Å². The van der Waals surface area contributed by atoms with Gasteiger partial charge in [0.15, 0.2) is 5.82 Å². The number of aromatic nitrogens is 4. The zero-order chi connectivity index (χ0) is 35.8. The van der Waals surface area contributed by atoms with Crippen molar-refractivity contribution in [3.8, 4) is 11.4 Å². The highest BCUT2D eigenvalue weighted by Gasteiger charge is 2.38. The number of hydrogen-bond donors (Lipinski definition) is 5. The number of fused-ring (bicyclic) bond motifs is 2. The Morgan fingerprint density at radius 2 is 1.75 bits per heavy atom. The van der Waals surface area contributed by atoms with Crippen LogP contribution >= 0.6 is 11.0 Å². The van der Waals surface area contributed by atoms with Gasteiger partial charge < -0.3 is 5.11 Å². The second-order valence-corrected chi connectivity index (χ2v) is 15.0. The normalized spacial score (nSPS) is 20.7. The lowest BCUT2D eigenvalue weighted by Gasteiger charge is -2.36. The molecule has 0 radical (unpaired) electrons. The van der Waals surface area contributed by atoms with Gasteiger partial charge in [-0.05, 0) is 103 Å². The fourth-order valence-corrected chi connectivity index (χ4v) is 8.68. The number of anilines is 1. The molecule has 5 N–H and O–H groups in total. The molecule has 3 amide bonds. The molecule has 1 atom stereocenters. The van der Waals surface area contributed by atoms with Crippen molar-refractivity contribution in [2.45, 2.75) is 44.2 Å². The van der Waals surface area contributed by atoms with E-state index in [1.807, 2.05) is 35.2 Å². The summed E-state index contributed by atoms with van der Waals surface area (Å²) in [5.41, 5.74) is 3.29. The van der Waals surface area contributed by atoms with E-state index in [0.717, 1.165) is 47.0 Å². The van der Waals surface area contributed by atoms with E-state index in [1.165, 1.54) is 16.7 Å². The van der Waals surface area contributed by atoms with Gasteiger partial charge in [-0.1, -0.05) is 6.07 Å². The Morgan fingerprint density at radius 3 is 2.47 bits per heavy atom. The molecule has 3 fully saturated rings. The van der Waals surface area contributed by atoms with Crippen LogP contribution in [0.5, 0.6) is 5.75 Å². The minimum atomic E-state index is -3.81. The van der Waals surface area contributed by atoms with Crippen molar-refractivity contribution in [2.75, 3.05) is 23.9 Å². The molecule has 17 heteroatoms. The number of nitrogens with zero attached hydrogens (tertiary/aromatic N) is 6. The Balaban J connectivity index is 0.941. The summed E-state index contributed by atoms with van der Waals surface area (Å²) in [6.45, 7) is 1.80. The van der Waals surface area contributed by atoms with Crippen LogP contribution in [0.1, 0.15) is 48.9 Å². The highest BCUT2D eigenvalue weighted by Crippen LogP contribution is 2.50. The van der Waals surface area contributed by atoms with Gasteiger partial charge in [-0.3, -0.25) is 42.8 Å². The lowest BCUT2D eigenvalue weighted by molar-refractivity contribution is -0.135. The first-order valence-corrected chi connectivity index (χ1v) is 18.0. The molecule has 2 aromatic heterocycles. The van der Waals surface area contributed by atoms with Gasteiger partial charge >= 0.3 is 5.69 Å². The standard InChI is InChI=1S/C34H35FN8O7S/c1-39-27-15-20(2-5-25(27)43(34(39)48)26-6-7-29(45)36-33(26)47)19-8-11-40(12-9-19)17-22-10-13-41(37-22)23-3-4-24-21(14-23)16-28(44)32(31(24)35)42-18-30(46)38-51(42,49)50/h2-5,10,13-16,19,26,44,49-50H,6-9,11-12,17-18H2,1H3,(H,38,46)(H,36,45,47). The molecule has 0 spiro atoms. The quantitative estimate of drug-likeness (QED) is 0.163. The third-order valence-electron chi connectivity index (χ3n) is 10.1. The van der Waals surface area contributed by atoms with Crippen molar-refractivity contribution >= 4 is 56.2 Å². The Labute approximate surface area is 291 Å². The largest absolute Gasteiger partial charge is 0.506 e. The van der Waals surface area contributed by atoms with E-state index in [4.69, 9.17) is 5.10 Å². The number of carbonyl (C=O) groups is 3. The van der Waals surface area contributed by atoms with Gasteiger partial charge in [-0.2, -0.15) is 5.10 Å². The lowest BCUT2D eigenvalue weighted by Crippen LogP contribution is -2.44. The minimum absolute atomic E-state index is 0.129. The van der Waals surface area contributed by atoms with Crippen molar-refractivity contribution < 1.29 is 33.0 Å². The molecule has 3 aliphatic rings. The molecule has 8 rings (SSSR count). The van der Waals surface area contributed by atoms with E-state index in [0.29, 0.717) is 29.1 Å². The van der Waals surface area contributed by atoms with Crippen molar-refractivity contribution in [1.82, 2.24) is 33.9 Å². The number of rotatable bonds is 6. The molecule has 51 heavy (non-hydrogen) atoms. The molecule has 5 heterocycles. The zero-order valence-electron chi connectivity index (χ0n) is 27.5. The number of phenols is 1. The van der Waals surface area contributed by atoms with Gasteiger partial charge in [-0.15, -0.1) is 0 Å². The number of imide groups is 1. The molecule has 0 bridgehead atoms. The fourth-order valence-electron chi connectivity index (χ4n) is 7.48. The average molecular weight is 719 g/mol. The maximum absolute atomic E-state index is 15.6. The molecule has 1 unspecified atom stereocenters. The Morgan fingerprint density at radius 1 is 0.961 bits per heavy atom. The summed E-state index contributed by atoms with van der Waals surface area (Å²) < 4.78 is 43.4. The van der Waals surface area contributed by atoms with E-state index in [-0.39, 0.29) is 29.8 Å². The number of amides is 3. The first-order chi connectivity index (χ1) is 24.4. The molecule has 3 saturated heterocycles. The molecular weight excluding hydrogens is 683 g/mol. The number of nitrogens with one attached hydrogen (secondary N) is 2. The number of halogens is 1. The third-order valence-corrected chi connectivity index (χ3v) is 11.5. The van der Waals surface area contributed by atoms with Crippen molar-refractivity contribution in [3.05, 3.63) is 82.3 Å². The van der Waals surface area contributed by atoms with Gasteiger partial charge in [0.05, 0.1) is 22.4 Å². The number of phenolic OH excluding ortho intramolecular Hbond substituents is 1. The summed E-state index contributed by atoms with van der Waals surface area (Å²) >= 11 is 0. The van der Waals surface area contributed by atoms with Crippen LogP contribution in [0.4, 0.5) is 10.1 Å². The van der Waals surface area contributed by atoms with Crippen molar-refractivity contribution in [3.63, 3.8) is 0 Å². The summed E-state index contributed by atoms with van der Waals surface area (Å²) in [6.07, 6.45) is 4.11. The van der Waals surface area contributed by atoms with Gasteiger partial charge in [0.25, 0.3) is 5.91 Å². The SMILES string of the molecule is Cn1c(=O)n(C2CCC(=O)NC2=O)c2ccc(C3CCN(Cc4ccn(-c5ccc6c(F)c(N7CC(=O)NS7(O)O)c(O)cc6c5)n4)CC3)cc21. The maximum atomic E-state index is 15.6. The molecule has 3 aliphatic heterocycles. The van der Waals surface area contributed by atoms with E-state index < -0.39 is 52.6 Å². The fraction of sp³-hybridized carbons (Fsp3) is 0.324. The van der Waals surface area contributed by atoms with Crippen LogP contribution in [0.15, 0.2) is 59.5 Å². The highest BCUT2D eigenvalue weighted by molar-refractivity contribution is 8.24. The Kier molecular flexibility index (Phi) is 7.90. The first-order valence-electron chi connectivity index (χ1n) is 16.5.